The van der Waals surface area contributed by atoms with E-state index in [1.807, 2.05) is 45.9 Å². The van der Waals surface area contributed by atoms with Crippen LogP contribution in [0.4, 0.5) is 5.95 Å². The Kier molecular flexibility index (Phi) is 8.06. The van der Waals surface area contributed by atoms with E-state index in [0.29, 0.717) is 18.0 Å². The molecule has 1 N–H and O–H groups in total. The minimum Gasteiger partial charge on any atom is -0.475 e. The van der Waals surface area contributed by atoms with E-state index >= 15 is 0 Å². The van der Waals surface area contributed by atoms with Crippen LogP contribution in [0.25, 0.3) is 11.3 Å². The third-order valence-electron chi connectivity index (χ3n) is 6.39. The Morgan fingerprint density at radius 2 is 1.68 bits per heavy atom. The van der Waals surface area contributed by atoms with Crippen molar-refractivity contribution in [2.75, 3.05) is 17.5 Å². The molecule has 1 aromatic heterocycles. The van der Waals surface area contributed by atoms with Crippen LogP contribution < -0.4 is 14.4 Å². The highest BCUT2D eigenvalue weighted by Gasteiger charge is 2.31. The Balaban J connectivity index is 1.96. The summed E-state index contributed by atoms with van der Waals surface area (Å²) in [6.45, 7) is 12.4. The molecule has 9 heteroatoms. The van der Waals surface area contributed by atoms with Crippen molar-refractivity contribution in [3.63, 3.8) is 0 Å². The van der Waals surface area contributed by atoms with Gasteiger partial charge in [-0.05, 0) is 61.4 Å². The van der Waals surface area contributed by atoms with E-state index in [9.17, 15) is 13.2 Å². The monoisotopic (exact) mass is 536 g/mol. The number of aryl methyl sites for hydroxylation is 2. The largest absolute Gasteiger partial charge is 0.475 e. The van der Waals surface area contributed by atoms with Gasteiger partial charge in [0.1, 0.15) is 6.61 Å². The molecule has 3 aromatic rings. The number of hydrogen-bond donors (Lipinski definition) is 1. The molecule has 0 spiro atoms. The summed E-state index contributed by atoms with van der Waals surface area (Å²) in [7, 11) is -4.10. The third-order valence-corrected chi connectivity index (χ3v) is 8.13. The van der Waals surface area contributed by atoms with Crippen LogP contribution in [0.15, 0.2) is 53.4 Å². The fourth-order valence-electron chi connectivity index (χ4n) is 4.68. The predicted octanol–water partition coefficient (Wildman–Crippen LogP) is 5.15. The quantitative estimate of drug-likeness (QED) is 0.484. The summed E-state index contributed by atoms with van der Waals surface area (Å²) in [5.41, 5.74) is 3.77. The molecule has 0 fully saturated rings. The lowest BCUT2D eigenvalue weighted by molar-refractivity contribution is 0.0913. The zero-order valence-electron chi connectivity index (χ0n) is 22.9. The maximum absolute atomic E-state index is 14.0. The van der Waals surface area contributed by atoms with Crippen molar-refractivity contribution in [2.24, 2.45) is 11.8 Å². The number of carbonyl (C=O) groups is 1. The van der Waals surface area contributed by atoms with Gasteiger partial charge in [0.15, 0.2) is 0 Å². The summed E-state index contributed by atoms with van der Waals surface area (Å²) < 4.78 is 35.4. The second-order valence-corrected chi connectivity index (χ2v) is 12.6. The molecule has 0 aliphatic carbocycles. The topological polar surface area (TPSA) is 101 Å². The van der Waals surface area contributed by atoms with Crippen LogP contribution in [-0.4, -0.2) is 43.5 Å². The summed E-state index contributed by atoms with van der Waals surface area (Å²) in [6.07, 6.45) is 0.685. The SMILES string of the molecule is Cc1cccc(C)c1-c1cc2nc(n1)N(CC(C)C)S(=O)(=O)c1cccc(c1)C(=O)N[C@H](CC(C)C)CO2. The van der Waals surface area contributed by atoms with Gasteiger partial charge in [-0.15, -0.1) is 0 Å². The highest BCUT2D eigenvalue weighted by molar-refractivity contribution is 7.92. The molecule has 1 amide bonds. The number of sulfonamides is 1. The lowest BCUT2D eigenvalue weighted by Gasteiger charge is -2.25. The second kappa shape index (κ2) is 11.1. The van der Waals surface area contributed by atoms with Crippen molar-refractivity contribution < 1.29 is 17.9 Å². The van der Waals surface area contributed by atoms with Crippen LogP contribution in [0.3, 0.4) is 0 Å². The van der Waals surface area contributed by atoms with Crippen LogP contribution >= 0.6 is 0 Å². The van der Waals surface area contributed by atoms with Crippen molar-refractivity contribution in [3.8, 4) is 17.1 Å². The number of nitrogens with zero attached hydrogens (tertiary/aromatic N) is 3. The Hall–Kier alpha value is -3.46. The lowest BCUT2D eigenvalue weighted by Crippen LogP contribution is -2.40. The third kappa shape index (κ3) is 5.99. The average Bonchev–Trinajstić information content (AvgIpc) is 2.85. The molecule has 1 aliphatic rings. The molecule has 0 saturated heterocycles. The molecule has 202 valence electrons. The van der Waals surface area contributed by atoms with Gasteiger partial charge in [-0.1, -0.05) is 52.0 Å². The van der Waals surface area contributed by atoms with Crippen molar-refractivity contribution in [1.29, 1.82) is 0 Å². The molecule has 0 unspecified atom stereocenters. The Bertz CT molecular complexity index is 1420. The summed E-state index contributed by atoms with van der Waals surface area (Å²) in [4.78, 5) is 22.5. The van der Waals surface area contributed by atoms with Gasteiger partial charge in [0.25, 0.3) is 15.9 Å². The van der Waals surface area contributed by atoms with Crippen LogP contribution in [0.1, 0.15) is 55.6 Å². The van der Waals surface area contributed by atoms with Gasteiger partial charge in [-0.3, -0.25) is 4.79 Å². The second-order valence-electron chi connectivity index (χ2n) is 10.7. The molecule has 1 atom stereocenters. The molecule has 0 radical (unpaired) electrons. The minimum absolute atomic E-state index is 0.00833. The van der Waals surface area contributed by atoms with Crippen LogP contribution in [0.5, 0.6) is 5.88 Å². The van der Waals surface area contributed by atoms with Gasteiger partial charge in [0.05, 0.1) is 16.6 Å². The molecule has 4 rings (SSSR count). The smallest absolute Gasteiger partial charge is 0.266 e. The van der Waals surface area contributed by atoms with Crippen molar-refractivity contribution in [2.45, 2.75) is 58.9 Å². The van der Waals surface area contributed by atoms with E-state index in [1.165, 1.54) is 16.4 Å². The first kappa shape index (κ1) is 27.6. The van der Waals surface area contributed by atoms with Gasteiger partial charge >= 0.3 is 0 Å². The van der Waals surface area contributed by atoms with E-state index in [0.717, 1.165) is 16.7 Å². The highest BCUT2D eigenvalue weighted by Crippen LogP contribution is 2.32. The summed E-state index contributed by atoms with van der Waals surface area (Å²) in [5.74, 6) is 0.238. The van der Waals surface area contributed by atoms with Crippen molar-refractivity contribution in [3.05, 3.63) is 65.2 Å². The molecule has 8 nitrogen and oxygen atoms in total. The lowest BCUT2D eigenvalue weighted by atomic mass is 10.00. The highest BCUT2D eigenvalue weighted by atomic mass is 32.2. The fourth-order valence-corrected chi connectivity index (χ4v) is 6.25. The molecule has 2 heterocycles. The van der Waals surface area contributed by atoms with Crippen LogP contribution in [0, 0.1) is 25.7 Å². The van der Waals surface area contributed by atoms with Crippen molar-refractivity contribution >= 4 is 21.9 Å². The number of hydrogen-bond acceptors (Lipinski definition) is 6. The number of ether oxygens (including phenoxy) is 1. The first-order valence-electron chi connectivity index (χ1n) is 13.0. The van der Waals surface area contributed by atoms with Crippen LogP contribution in [-0.2, 0) is 10.0 Å². The van der Waals surface area contributed by atoms with Gasteiger partial charge in [-0.2, -0.15) is 4.98 Å². The van der Waals surface area contributed by atoms with Crippen LogP contribution in [0.2, 0.25) is 0 Å². The number of nitrogens with one attached hydrogen (secondary N) is 1. The van der Waals surface area contributed by atoms with E-state index in [-0.39, 0.29) is 53.3 Å². The Morgan fingerprint density at radius 1 is 1.00 bits per heavy atom. The average molecular weight is 537 g/mol. The zero-order chi connectivity index (χ0) is 27.6. The van der Waals surface area contributed by atoms with E-state index in [2.05, 4.69) is 24.1 Å². The van der Waals surface area contributed by atoms with Gasteiger partial charge in [0.2, 0.25) is 11.8 Å². The molecular formula is C29H36N4O4S. The minimum atomic E-state index is -4.10. The van der Waals surface area contributed by atoms with E-state index in [1.54, 1.807) is 18.2 Å². The van der Waals surface area contributed by atoms with E-state index < -0.39 is 10.0 Å². The summed E-state index contributed by atoms with van der Waals surface area (Å²) in [5, 5.41) is 3.02. The first-order chi connectivity index (χ1) is 18.0. The standard InChI is InChI=1S/C29H36N4O4S/c1-18(2)13-23-17-37-26-15-25(27-20(5)9-7-10-21(27)6)31-29(32-26)33(16-19(3)4)38(35,36)24-12-8-11-22(14-24)28(34)30-23/h7-12,14-15,18-19,23H,13,16-17H2,1-6H3,(H,30,34)/t23-/m1/s1. The molecule has 1 aliphatic heterocycles. The van der Waals surface area contributed by atoms with Gasteiger partial charge in [0, 0.05) is 23.7 Å². The van der Waals surface area contributed by atoms with Gasteiger partial charge in [-0.25, -0.2) is 17.7 Å². The number of amides is 1. The first-order valence-corrected chi connectivity index (χ1v) is 14.4. The molecule has 0 saturated carbocycles. The molecule has 4 bridgehead atoms. The fraction of sp³-hybridized carbons (Fsp3) is 0.414. The number of anilines is 1. The zero-order valence-corrected chi connectivity index (χ0v) is 23.7. The Morgan fingerprint density at radius 3 is 2.34 bits per heavy atom. The number of carbonyl (C=O) groups excluding carboxylic acids is 1. The number of aromatic nitrogens is 2. The van der Waals surface area contributed by atoms with E-state index in [4.69, 9.17) is 9.72 Å². The predicted molar refractivity (Wildman–Crippen MR) is 149 cm³/mol. The number of rotatable bonds is 5. The molecule has 38 heavy (non-hydrogen) atoms. The number of fused-ring (bicyclic) bond motifs is 4. The normalized spacial score (nSPS) is 17.3. The maximum atomic E-state index is 14.0. The summed E-state index contributed by atoms with van der Waals surface area (Å²) in [6, 6.07) is 13.5. The van der Waals surface area contributed by atoms with Crippen molar-refractivity contribution in [1.82, 2.24) is 15.3 Å². The maximum Gasteiger partial charge on any atom is 0.266 e. The Labute approximate surface area is 225 Å². The number of benzene rings is 2. The summed E-state index contributed by atoms with van der Waals surface area (Å²) >= 11 is 0. The van der Waals surface area contributed by atoms with Gasteiger partial charge < -0.3 is 10.1 Å². The molecular weight excluding hydrogens is 500 g/mol. The molecule has 2 aromatic carbocycles.